The van der Waals surface area contributed by atoms with Crippen molar-refractivity contribution in [1.82, 2.24) is 10.2 Å². The van der Waals surface area contributed by atoms with Crippen molar-refractivity contribution in [3.63, 3.8) is 0 Å². The van der Waals surface area contributed by atoms with E-state index < -0.39 is 11.2 Å². The molecule has 2 amide bonds. The van der Waals surface area contributed by atoms with Gasteiger partial charge in [0.25, 0.3) is 0 Å². The van der Waals surface area contributed by atoms with Crippen molar-refractivity contribution < 1.29 is 14.1 Å². The van der Waals surface area contributed by atoms with Crippen LogP contribution in [0.25, 0.3) is 0 Å². The normalized spacial score (nSPS) is 20.9. The average Bonchev–Trinajstić information content (AvgIpc) is 2.60. The summed E-state index contributed by atoms with van der Waals surface area (Å²) in [7, 11) is 0. The van der Waals surface area contributed by atoms with E-state index in [2.05, 4.69) is 29.6 Å². The quantitative estimate of drug-likeness (QED) is 0.392. The number of likely N-dealkylation sites (tertiary alicyclic amines) is 1. The molecule has 0 aromatic heterocycles. The molecule has 1 unspecified atom stereocenters. The standard InChI is InChI=1S/C19H28N2O3S/c1-15-18(23)21(19(15)25(2)24)14-17(22)20-13-9-4-3-6-10-16-11-7-5-8-12-16/h5,7-8,11-12,15,19H,3-4,6,9-10,13-14H2,1-2H3,(H,20,22)/t15-,19-,25?/m0/s1. The number of β-lactam (4-membered cyclic amide) rings is 1. The lowest BCUT2D eigenvalue weighted by atomic mass is 10.0. The van der Waals surface area contributed by atoms with E-state index in [1.165, 1.54) is 10.5 Å². The second-order valence-corrected chi connectivity index (χ2v) is 8.12. The molecular weight excluding hydrogens is 336 g/mol. The van der Waals surface area contributed by atoms with E-state index in [-0.39, 0.29) is 29.7 Å². The second-order valence-electron chi connectivity index (χ2n) is 6.64. The van der Waals surface area contributed by atoms with Crippen LogP contribution in [-0.4, -0.2) is 46.0 Å². The third-order valence-corrected chi connectivity index (χ3v) is 5.96. The molecule has 3 atom stereocenters. The number of benzene rings is 1. The molecule has 1 fully saturated rings. The van der Waals surface area contributed by atoms with Crippen LogP contribution in [-0.2, 0) is 27.2 Å². The Kier molecular flexibility index (Phi) is 7.78. The highest BCUT2D eigenvalue weighted by Crippen LogP contribution is 2.29. The fourth-order valence-electron chi connectivity index (χ4n) is 3.22. The summed E-state index contributed by atoms with van der Waals surface area (Å²) in [6.07, 6.45) is 6.99. The largest absolute Gasteiger partial charge is 0.615 e. The Morgan fingerprint density at radius 3 is 2.56 bits per heavy atom. The number of aryl methyl sites for hydroxylation is 1. The Morgan fingerprint density at radius 1 is 1.20 bits per heavy atom. The van der Waals surface area contributed by atoms with Crippen molar-refractivity contribution in [2.75, 3.05) is 19.3 Å². The first-order valence-corrected chi connectivity index (χ1v) is 10.6. The summed E-state index contributed by atoms with van der Waals surface area (Å²) in [5, 5.41) is 2.53. The van der Waals surface area contributed by atoms with Gasteiger partial charge in [0.05, 0.1) is 6.26 Å². The van der Waals surface area contributed by atoms with Gasteiger partial charge in [0.1, 0.15) is 12.5 Å². The maximum absolute atomic E-state index is 11.9. The van der Waals surface area contributed by atoms with Gasteiger partial charge in [-0.2, -0.15) is 0 Å². The van der Waals surface area contributed by atoms with Crippen LogP contribution in [0.15, 0.2) is 30.3 Å². The van der Waals surface area contributed by atoms with Crippen LogP contribution >= 0.6 is 0 Å². The van der Waals surface area contributed by atoms with Gasteiger partial charge in [0.2, 0.25) is 17.2 Å². The molecule has 0 aliphatic carbocycles. The molecule has 0 saturated carbocycles. The number of carbonyl (C=O) groups is 2. The smallest absolute Gasteiger partial charge is 0.239 e. The van der Waals surface area contributed by atoms with Crippen LogP contribution in [0.5, 0.6) is 0 Å². The van der Waals surface area contributed by atoms with E-state index in [1.807, 2.05) is 6.07 Å². The van der Waals surface area contributed by atoms with Crippen LogP contribution in [0, 0.1) is 5.92 Å². The van der Waals surface area contributed by atoms with E-state index >= 15 is 0 Å². The third kappa shape index (κ3) is 5.75. The summed E-state index contributed by atoms with van der Waals surface area (Å²) in [4.78, 5) is 25.2. The Balaban J connectivity index is 1.53. The molecule has 0 radical (unpaired) electrons. The number of hydrogen-bond donors (Lipinski definition) is 1. The fraction of sp³-hybridized carbons (Fsp3) is 0.579. The molecule has 1 aliphatic heterocycles. The number of unbranched alkanes of at least 4 members (excludes halogenated alkanes) is 3. The molecular formula is C19H28N2O3S. The van der Waals surface area contributed by atoms with Gasteiger partial charge >= 0.3 is 0 Å². The predicted octanol–water partition coefficient (Wildman–Crippen LogP) is 2.09. The maximum atomic E-state index is 11.9. The summed E-state index contributed by atoms with van der Waals surface area (Å²) < 4.78 is 11.6. The second kappa shape index (κ2) is 9.82. The van der Waals surface area contributed by atoms with Crippen LogP contribution < -0.4 is 5.32 Å². The SMILES string of the molecule is C[C@H]1C(=O)N(CC(=O)NCCCCCCc2ccccc2)[C@H]1[S+](C)[O-]. The lowest BCUT2D eigenvalue weighted by molar-refractivity contribution is -0.152. The van der Waals surface area contributed by atoms with Gasteiger partial charge in [-0.05, 0) is 42.9 Å². The first-order chi connectivity index (χ1) is 12.0. The van der Waals surface area contributed by atoms with E-state index in [4.69, 9.17) is 0 Å². The Bertz CT molecular complexity index is 565. The van der Waals surface area contributed by atoms with Gasteiger partial charge in [0, 0.05) is 6.54 Å². The topological polar surface area (TPSA) is 72.5 Å². The first-order valence-electron chi connectivity index (χ1n) is 8.94. The Morgan fingerprint density at radius 2 is 1.88 bits per heavy atom. The van der Waals surface area contributed by atoms with E-state index in [1.54, 1.807) is 13.2 Å². The van der Waals surface area contributed by atoms with E-state index in [0.717, 1.165) is 32.1 Å². The minimum absolute atomic E-state index is 0.0153. The zero-order valence-corrected chi connectivity index (χ0v) is 15.9. The lowest BCUT2D eigenvalue weighted by Gasteiger charge is -2.43. The lowest BCUT2D eigenvalue weighted by Crippen LogP contribution is -2.64. The predicted molar refractivity (Wildman–Crippen MR) is 100 cm³/mol. The molecule has 138 valence electrons. The fourth-order valence-corrected chi connectivity index (χ4v) is 4.45. The minimum Gasteiger partial charge on any atom is -0.615 e. The van der Waals surface area contributed by atoms with Crippen molar-refractivity contribution in [2.45, 2.75) is 44.4 Å². The molecule has 1 saturated heterocycles. The summed E-state index contributed by atoms with van der Waals surface area (Å²) in [5.74, 6) is -0.500. The molecule has 5 nitrogen and oxygen atoms in total. The molecule has 2 rings (SSSR count). The van der Waals surface area contributed by atoms with E-state index in [9.17, 15) is 14.1 Å². The van der Waals surface area contributed by atoms with Gasteiger partial charge in [-0.1, -0.05) is 43.2 Å². The van der Waals surface area contributed by atoms with Crippen molar-refractivity contribution >= 4 is 23.0 Å². The van der Waals surface area contributed by atoms with Gasteiger partial charge < -0.3 is 9.87 Å². The Labute approximate surface area is 153 Å². The highest BCUT2D eigenvalue weighted by Gasteiger charge is 2.51. The van der Waals surface area contributed by atoms with Crippen molar-refractivity contribution in [3.8, 4) is 0 Å². The minimum atomic E-state index is -1.12. The molecule has 1 aromatic carbocycles. The molecule has 1 N–H and O–H groups in total. The Hall–Kier alpha value is -1.53. The summed E-state index contributed by atoms with van der Waals surface area (Å²) in [6.45, 7) is 2.40. The highest BCUT2D eigenvalue weighted by atomic mass is 32.2. The number of carbonyl (C=O) groups excluding carboxylic acids is 2. The zero-order valence-electron chi connectivity index (χ0n) is 15.1. The van der Waals surface area contributed by atoms with E-state index in [0.29, 0.717) is 6.54 Å². The number of rotatable bonds is 10. The molecule has 6 heteroatoms. The zero-order chi connectivity index (χ0) is 18.2. The average molecular weight is 365 g/mol. The van der Waals surface area contributed by atoms with Gasteiger partial charge in [-0.15, -0.1) is 0 Å². The van der Waals surface area contributed by atoms with Crippen molar-refractivity contribution in [1.29, 1.82) is 0 Å². The summed E-state index contributed by atoms with van der Waals surface area (Å²) in [6, 6.07) is 10.4. The van der Waals surface area contributed by atoms with Gasteiger partial charge in [0.15, 0.2) is 0 Å². The van der Waals surface area contributed by atoms with Gasteiger partial charge in [-0.25, -0.2) is 0 Å². The molecule has 0 spiro atoms. The summed E-state index contributed by atoms with van der Waals surface area (Å²) >= 11 is -1.12. The number of hydrogen-bond acceptors (Lipinski definition) is 3. The maximum Gasteiger partial charge on any atom is 0.239 e. The van der Waals surface area contributed by atoms with Crippen molar-refractivity contribution in [3.05, 3.63) is 35.9 Å². The number of amides is 2. The van der Waals surface area contributed by atoms with Crippen LogP contribution in [0.4, 0.5) is 0 Å². The van der Waals surface area contributed by atoms with Crippen LogP contribution in [0.2, 0.25) is 0 Å². The highest BCUT2D eigenvalue weighted by molar-refractivity contribution is 7.91. The first kappa shape index (κ1) is 19.8. The monoisotopic (exact) mass is 364 g/mol. The van der Waals surface area contributed by atoms with Crippen LogP contribution in [0.1, 0.15) is 38.2 Å². The molecule has 25 heavy (non-hydrogen) atoms. The van der Waals surface area contributed by atoms with Crippen molar-refractivity contribution in [2.24, 2.45) is 5.92 Å². The third-order valence-electron chi connectivity index (χ3n) is 4.62. The van der Waals surface area contributed by atoms with Gasteiger partial charge in [-0.3, -0.25) is 14.5 Å². The molecule has 1 aromatic rings. The van der Waals surface area contributed by atoms with Crippen LogP contribution in [0.3, 0.4) is 0 Å². The number of nitrogens with zero attached hydrogens (tertiary/aromatic N) is 1. The summed E-state index contributed by atoms with van der Waals surface area (Å²) in [5.41, 5.74) is 1.37. The molecule has 1 aliphatic rings. The molecule has 1 heterocycles. The number of nitrogens with one attached hydrogen (secondary N) is 1. The molecule has 0 bridgehead atoms.